The van der Waals surface area contributed by atoms with Gasteiger partial charge in [0.1, 0.15) is 10.8 Å². The number of anilines is 5. The monoisotopic (exact) mass is 612 g/mol. The number of nitrogens with zero attached hydrogens (tertiary/aromatic N) is 4. The average Bonchev–Trinajstić information content (AvgIpc) is 3.01. The summed E-state index contributed by atoms with van der Waals surface area (Å²) in [5.41, 5.74) is 3.28. The lowest BCUT2D eigenvalue weighted by Crippen LogP contribution is -2.44. The number of nitrogens with one attached hydrogen (secondary N) is 2. The molecule has 42 heavy (non-hydrogen) atoms. The van der Waals surface area contributed by atoms with Gasteiger partial charge in [-0.15, -0.1) is 0 Å². The Bertz CT molecular complexity index is 1340. The van der Waals surface area contributed by atoms with Crippen molar-refractivity contribution in [1.29, 1.82) is 0 Å². The second-order valence-electron chi connectivity index (χ2n) is 11.3. The molecule has 0 unspecified atom stereocenters. The lowest BCUT2D eigenvalue weighted by molar-refractivity contribution is 0.0924. The highest BCUT2D eigenvalue weighted by Gasteiger charge is 2.38. The number of hydrogen-bond donors (Lipinski definition) is 2. The van der Waals surface area contributed by atoms with E-state index in [9.17, 15) is 0 Å². The molecule has 2 fully saturated rings. The van der Waals surface area contributed by atoms with Crippen LogP contribution in [0.4, 0.5) is 28.8 Å². The topological polar surface area (TPSA) is 84.0 Å². The quantitative estimate of drug-likeness (QED) is 0.236. The smallest absolute Gasteiger partial charge is 0.229 e. The SMILES string of the molecule is COc1cc(N2CCC3(CCC(N(C)C)CC3)CC2)ccc1Nc1ncc(Cl)c(Nc2ccccc2P(OC)OC)n1. The number of methoxy groups -OCH3 is 1. The van der Waals surface area contributed by atoms with Crippen molar-refractivity contribution < 1.29 is 13.8 Å². The fourth-order valence-electron chi connectivity index (χ4n) is 6.22. The van der Waals surface area contributed by atoms with Crippen molar-refractivity contribution in [2.75, 3.05) is 64.0 Å². The molecule has 1 spiro atoms. The second-order valence-corrected chi connectivity index (χ2v) is 13.5. The molecule has 5 rings (SSSR count). The van der Waals surface area contributed by atoms with Crippen LogP contribution in [0, 0.1) is 5.41 Å². The van der Waals surface area contributed by atoms with Crippen molar-refractivity contribution in [3.05, 3.63) is 53.7 Å². The van der Waals surface area contributed by atoms with Gasteiger partial charge in [0.25, 0.3) is 0 Å². The van der Waals surface area contributed by atoms with Crippen LogP contribution in [0.5, 0.6) is 5.75 Å². The van der Waals surface area contributed by atoms with Crippen LogP contribution < -0.4 is 25.6 Å². The third-order valence-electron chi connectivity index (χ3n) is 8.80. The van der Waals surface area contributed by atoms with Crippen molar-refractivity contribution in [2.45, 2.75) is 44.6 Å². The predicted octanol–water partition coefficient (Wildman–Crippen LogP) is 6.95. The van der Waals surface area contributed by atoms with Gasteiger partial charge >= 0.3 is 0 Å². The molecule has 2 heterocycles. The average molecular weight is 613 g/mol. The highest BCUT2D eigenvalue weighted by molar-refractivity contribution is 7.56. The van der Waals surface area contributed by atoms with Crippen LogP contribution in [0.25, 0.3) is 0 Å². The number of rotatable bonds is 10. The molecule has 1 saturated carbocycles. The van der Waals surface area contributed by atoms with Crippen LogP contribution in [0.1, 0.15) is 38.5 Å². The first-order valence-corrected chi connectivity index (χ1v) is 16.0. The Balaban J connectivity index is 1.27. The van der Waals surface area contributed by atoms with Gasteiger partial charge in [0.05, 0.1) is 30.0 Å². The second kappa shape index (κ2) is 13.7. The van der Waals surface area contributed by atoms with Gasteiger partial charge in [-0.25, -0.2) is 4.98 Å². The summed E-state index contributed by atoms with van der Waals surface area (Å²) in [5.74, 6) is 1.61. The first kappa shape index (κ1) is 30.8. The Morgan fingerprint density at radius 3 is 2.33 bits per heavy atom. The predicted molar refractivity (Wildman–Crippen MR) is 173 cm³/mol. The van der Waals surface area contributed by atoms with Crippen molar-refractivity contribution in [3.63, 3.8) is 0 Å². The van der Waals surface area contributed by atoms with Gasteiger partial charge < -0.3 is 34.2 Å². The van der Waals surface area contributed by atoms with Crippen LogP contribution >= 0.6 is 20.0 Å². The third-order valence-corrected chi connectivity index (χ3v) is 10.5. The third kappa shape index (κ3) is 6.92. The number of piperidine rings is 1. The van der Waals surface area contributed by atoms with Gasteiger partial charge in [0, 0.05) is 45.1 Å². The van der Waals surface area contributed by atoms with E-state index >= 15 is 0 Å². The Morgan fingerprint density at radius 2 is 1.67 bits per heavy atom. The number of para-hydroxylation sites is 1. The van der Waals surface area contributed by atoms with E-state index in [2.05, 4.69) is 56.6 Å². The normalized spacial score (nSPS) is 17.2. The molecular weight excluding hydrogens is 571 g/mol. The van der Waals surface area contributed by atoms with E-state index in [0.29, 0.717) is 22.2 Å². The summed E-state index contributed by atoms with van der Waals surface area (Å²) < 4.78 is 16.8. The molecule has 226 valence electrons. The van der Waals surface area contributed by atoms with E-state index < -0.39 is 8.38 Å². The Kier molecular flexibility index (Phi) is 10.1. The summed E-state index contributed by atoms with van der Waals surface area (Å²) in [5, 5.41) is 7.93. The molecule has 1 saturated heterocycles. The van der Waals surface area contributed by atoms with Crippen LogP contribution in [-0.4, -0.2) is 69.4 Å². The van der Waals surface area contributed by atoms with Gasteiger partial charge in [-0.3, -0.25) is 0 Å². The fraction of sp³-hybridized carbons (Fsp3) is 0.484. The number of benzene rings is 2. The molecule has 1 aromatic heterocycles. The molecule has 11 heteroatoms. The Morgan fingerprint density at radius 1 is 0.952 bits per heavy atom. The maximum absolute atomic E-state index is 6.48. The minimum atomic E-state index is -1.24. The number of aromatic nitrogens is 2. The molecule has 0 atom stereocenters. The summed E-state index contributed by atoms with van der Waals surface area (Å²) >= 11 is 6.48. The lowest BCUT2D eigenvalue weighted by Gasteiger charge is -2.47. The molecule has 2 aliphatic rings. The lowest BCUT2D eigenvalue weighted by atomic mass is 9.67. The maximum atomic E-state index is 6.48. The van der Waals surface area contributed by atoms with E-state index in [1.165, 1.54) is 44.2 Å². The first-order valence-electron chi connectivity index (χ1n) is 14.5. The molecule has 0 bridgehead atoms. The van der Waals surface area contributed by atoms with E-state index in [0.717, 1.165) is 41.6 Å². The summed E-state index contributed by atoms with van der Waals surface area (Å²) in [7, 11) is 8.14. The zero-order chi connectivity index (χ0) is 29.7. The van der Waals surface area contributed by atoms with Crippen LogP contribution in [0.2, 0.25) is 5.02 Å². The molecule has 9 nitrogen and oxygen atoms in total. The Labute approximate surface area is 255 Å². The van der Waals surface area contributed by atoms with E-state index in [1.807, 2.05) is 30.3 Å². The summed E-state index contributed by atoms with van der Waals surface area (Å²) in [4.78, 5) is 14.0. The molecule has 2 N–H and O–H groups in total. The van der Waals surface area contributed by atoms with Crippen molar-refractivity contribution in [3.8, 4) is 5.75 Å². The number of hydrogen-bond acceptors (Lipinski definition) is 9. The van der Waals surface area contributed by atoms with Gasteiger partial charge in [-0.1, -0.05) is 23.7 Å². The van der Waals surface area contributed by atoms with E-state index in [-0.39, 0.29) is 0 Å². The Hall–Kier alpha value is -2.68. The molecule has 3 aromatic rings. The largest absolute Gasteiger partial charge is 0.494 e. The van der Waals surface area contributed by atoms with Gasteiger partial charge in [0.15, 0.2) is 5.82 Å². The molecule has 0 radical (unpaired) electrons. The van der Waals surface area contributed by atoms with Crippen LogP contribution in [-0.2, 0) is 9.05 Å². The summed E-state index contributed by atoms with van der Waals surface area (Å²) in [6.45, 7) is 2.15. The summed E-state index contributed by atoms with van der Waals surface area (Å²) in [6.07, 6.45) is 9.42. The minimum absolute atomic E-state index is 0.398. The van der Waals surface area contributed by atoms with Crippen molar-refractivity contribution >= 4 is 54.1 Å². The zero-order valence-electron chi connectivity index (χ0n) is 25.2. The molecule has 2 aromatic carbocycles. The maximum Gasteiger partial charge on any atom is 0.229 e. The molecule has 1 aliphatic carbocycles. The van der Waals surface area contributed by atoms with E-state index in [4.69, 9.17) is 25.4 Å². The van der Waals surface area contributed by atoms with Gasteiger partial charge in [-0.2, -0.15) is 4.98 Å². The number of ether oxygens (including phenoxy) is 1. The van der Waals surface area contributed by atoms with Crippen molar-refractivity contribution in [1.82, 2.24) is 14.9 Å². The molecule has 1 aliphatic heterocycles. The summed E-state index contributed by atoms with van der Waals surface area (Å²) in [6, 6.07) is 14.8. The van der Waals surface area contributed by atoms with Gasteiger partial charge in [-0.05, 0) is 82.3 Å². The van der Waals surface area contributed by atoms with E-state index in [1.54, 1.807) is 27.5 Å². The molecule has 0 amide bonds. The first-order chi connectivity index (χ1) is 20.3. The molecular formula is C31H42ClN6O3P. The van der Waals surface area contributed by atoms with Crippen LogP contribution in [0.3, 0.4) is 0 Å². The van der Waals surface area contributed by atoms with Gasteiger partial charge in [0.2, 0.25) is 14.3 Å². The fourth-order valence-corrected chi connectivity index (χ4v) is 7.44. The highest BCUT2D eigenvalue weighted by atomic mass is 35.5. The van der Waals surface area contributed by atoms with Crippen molar-refractivity contribution in [2.24, 2.45) is 5.41 Å². The minimum Gasteiger partial charge on any atom is -0.494 e. The highest BCUT2D eigenvalue weighted by Crippen LogP contribution is 2.46. The standard InChI is InChI=1S/C31H42ClN6O3P/c1-37(2)22-12-14-31(15-13-22)16-18-38(19-17-31)23-10-11-25(27(20-23)39-3)35-30-33-21-24(32)29(36-30)34-26-8-6-7-9-28(26)42(40-4)41-5/h6-11,20-22H,12-19H2,1-5H3,(H2,33,34,35,36). The van der Waals surface area contributed by atoms with Crippen LogP contribution in [0.15, 0.2) is 48.7 Å². The zero-order valence-corrected chi connectivity index (χ0v) is 26.8. The number of halogens is 1.